The van der Waals surface area contributed by atoms with E-state index in [2.05, 4.69) is 10.1 Å². The Morgan fingerprint density at radius 1 is 1.33 bits per heavy atom. The topological polar surface area (TPSA) is 81.4 Å². The van der Waals surface area contributed by atoms with Crippen LogP contribution in [0.15, 0.2) is 24.3 Å². The molecule has 0 unspecified atom stereocenters. The minimum absolute atomic E-state index is 0.299. The molecule has 98 valence electrons. The minimum Gasteiger partial charge on any atom is -0.467 e. The zero-order chi connectivity index (χ0) is 13.5. The van der Waals surface area contributed by atoms with Gasteiger partial charge in [0, 0.05) is 5.56 Å². The van der Waals surface area contributed by atoms with Gasteiger partial charge in [-0.15, -0.1) is 0 Å². The van der Waals surface area contributed by atoms with E-state index >= 15 is 0 Å². The Labute approximate surface area is 106 Å². The number of hydrogen-bond acceptors (Lipinski definition) is 4. The highest BCUT2D eigenvalue weighted by molar-refractivity contribution is 5.96. The van der Waals surface area contributed by atoms with E-state index in [1.807, 2.05) is 12.1 Å². The fourth-order valence-electron chi connectivity index (χ4n) is 1.51. The molecule has 0 saturated heterocycles. The summed E-state index contributed by atoms with van der Waals surface area (Å²) in [7, 11) is 1.28. The molecular weight excluding hydrogens is 232 g/mol. The van der Waals surface area contributed by atoms with Crippen LogP contribution in [0, 0.1) is 0 Å². The molecule has 1 aromatic carbocycles. The van der Waals surface area contributed by atoms with Gasteiger partial charge in [0.1, 0.15) is 6.04 Å². The zero-order valence-corrected chi connectivity index (χ0v) is 10.6. The summed E-state index contributed by atoms with van der Waals surface area (Å²) in [5.41, 5.74) is 7.03. The summed E-state index contributed by atoms with van der Waals surface area (Å²) in [4.78, 5) is 23.0. The van der Waals surface area contributed by atoms with Crippen molar-refractivity contribution in [3.05, 3.63) is 35.4 Å². The van der Waals surface area contributed by atoms with Gasteiger partial charge in [-0.05, 0) is 37.6 Å². The first kappa shape index (κ1) is 14.2. The Bertz CT molecular complexity index is 415. The first-order valence-electron chi connectivity index (χ1n) is 5.76. The van der Waals surface area contributed by atoms with Crippen molar-refractivity contribution in [2.75, 3.05) is 13.7 Å². The van der Waals surface area contributed by atoms with Gasteiger partial charge in [0.15, 0.2) is 0 Å². The summed E-state index contributed by atoms with van der Waals surface area (Å²) in [6.45, 7) is 2.15. The molecule has 5 nitrogen and oxygen atoms in total. The highest BCUT2D eigenvalue weighted by atomic mass is 16.5. The van der Waals surface area contributed by atoms with Crippen LogP contribution in [0.3, 0.4) is 0 Å². The quantitative estimate of drug-likeness (QED) is 0.745. The first-order valence-corrected chi connectivity index (χ1v) is 5.76. The molecule has 0 aliphatic carbocycles. The minimum atomic E-state index is -0.661. The van der Waals surface area contributed by atoms with Gasteiger partial charge in [0.2, 0.25) is 0 Å². The van der Waals surface area contributed by atoms with Gasteiger partial charge in [0.05, 0.1) is 7.11 Å². The molecule has 0 heterocycles. The third kappa shape index (κ3) is 3.85. The number of carbonyl (C=O) groups excluding carboxylic acids is 2. The first-order chi connectivity index (χ1) is 8.58. The van der Waals surface area contributed by atoms with Crippen LogP contribution in [0.4, 0.5) is 0 Å². The fraction of sp³-hybridized carbons (Fsp3) is 0.385. The van der Waals surface area contributed by atoms with Crippen molar-refractivity contribution in [2.24, 2.45) is 5.73 Å². The average Bonchev–Trinajstić information content (AvgIpc) is 2.38. The van der Waals surface area contributed by atoms with Crippen molar-refractivity contribution in [1.82, 2.24) is 5.32 Å². The number of nitrogens with one attached hydrogen (secondary N) is 1. The molecule has 0 aromatic heterocycles. The van der Waals surface area contributed by atoms with E-state index in [0.29, 0.717) is 12.1 Å². The Kier molecular flexibility index (Phi) is 5.32. The molecule has 1 amide bonds. The average molecular weight is 250 g/mol. The lowest BCUT2D eigenvalue weighted by atomic mass is 10.1. The van der Waals surface area contributed by atoms with Gasteiger partial charge >= 0.3 is 5.97 Å². The number of ether oxygens (including phenoxy) is 1. The van der Waals surface area contributed by atoms with Crippen LogP contribution >= 0.6 is 0 Å². The van der Waals surface area contributed by atoms with Crippen LogP contribution in [0.2, 0.25) is 0 Å². The lowest BCUT2D eigenvalue weighted by molar-refractivity contribution is -0.142. The van der Waals surface area contributed by atoms with Crippen molar-refractivity contribution in [3.63, 3.8) is 0 Å². The van der Waals surface area contributed by atoms with Gasteiger partial charge in [-0.1, -0.05) is 12.1 Å². The molecule has 1 atom stereocenters. The predicted octanol–water partition coefficient (Wildman–Crippen LogP) is 0.479. The Balaban J connectivity index is 2.64. The molecule has 0 aliphatic heterocycles. The number of carbonyl (C=O) groups is 2. The van der Waals surface area contributed by atoms with Gasteiger partial charge in [0.25, 0.3) is 5.91 Å². The van der Waals surface area contributed by atoms with Gasteiger partial charge < -0.3 is 15.8 Å². The SMILES string of the molecule is COC(=O)[C@H](C)NC(=O)c1ccc(CCN)cc1. The Morgan fingerprint density at radius 2 is 1.94 bits per heavy atom. The van der Waals surface area contributed by atoms with Crippen LogP contribution in [0.1, 0.15) is 22.8 Å². The van der Waals surface area contributed by atoms with Gasteiger partial charge in [-0.2, -0.15) is 0 Å². The van der Waals surface area contributed by atoms with Crippen molar-refractivity contribution in [3.8, 4) is 0 Å². The second-order valence-corrected chi connectivity index (χ2v) is 3.95. The van der Waals surface area contributed by atoms with Gasteiger partial charge in [-0.3, -0.25) is 4.79 Å². The molecule has 0 radical (unpaired) electrons. The number of amides is 1. The second kappa shape index (κ2) is 6.76. The number of rotatable bonds is 5. The summed E-state index contributed by atoms with van der Waals surface area (Å²) >= 11 is 0. The molecule has 1 rings (SSSR count). The van der Waals surface area contributed by atoms with E-state index < -0.39 is 12.0 Å². The molecule has 0 fully saturated rings. The summed E-state index contributed by atoms with van der Waals surface area (Å²) in [6.07, 6.45) is 0.778. The molecule has 0 aliphatic rings. The summed E-state index contributed by atoms with van der Waals surface area (Å²) in [5.74, 6) is -0.768. The molecule has 5 heteroatoms. The molecule has 1 aromatic rings. The summed E-state index contributed by atoms with van der Waals surface area (Å²) in [5, 5.41) is 2.56. The molecule has 0 saturated carbocycles. The van der Waals surface area contributed by atoms with E-state index in [-0.39, 0.29) is 5.91 Å². The molecule has 0 spiro atoms. The Morgan fingerprint density at radius 3 is 2.44 bits per heavy atom. The van der Waals surface area contributed by atoms with Crippen LogP contribution in [0.25, 0.3) is 0 Å². The van der Waals surface area contributed by atoms with Crippen LogP contribution in [0.5, 0.6) is 0 Å². The summed E-state index contributed by atoms with van der Waals surface area (Å²) in [6, 6.07) is 6.47. The lowest BCUT2D eigenvalue weighted by Gasteiger charge is -2.11. The summed E-state index contributed by atoms with van der Waals surface area (Å²) < 4.78 is 4.53. The highest BCUT2D eigenvalue weighted by Gasteiger charge is 2.16. The number of benzene rings is 1. The zero-order valence-electron chi connectivity index (χ0n) is 10.6. The number of hydrogen-bond donors (Lipinski definition) is 2. The lowest BCUT2D eigenvalue weighted by Crippen LogP contribution is -2.39. The van der Waals surface area contributed by atoms with Crippen molar-refractivity contribution in [1.29, 1.82) is 0 Å². The monoisotopic (exact) mass is 250 g/mol. The van der Waals surface area contributed by atoms with Crippen LogP contribution in [-0.2, 0) is 16.0 Å². The number of nitrogens with two attached hydrogens (primary N) is 1. The van der Waals surface area contributed by atoms with E-state index in [1.54, 1.807) is 19.1 Å². The number of esters is 1. The fourth-order valence-corrected chi connectivity index (χ4v) is 1.51. The molecular formula is C13H18N2O3. The maximum absolute atomic E-state index is 11.8. The maximum atomic E-state index is 11.8. The molecule has 3 N–H and O–H groups in total. The Hall–Kier alpha value is -1.88. The van der Waals surface area contributed by atoms with E-state index in [9.17, 15) is 9.59 Å². The predicted molar refractivity (Wildman–Crippen MR) is 68.1 cm³/mol. The van der Waals surface area contributed by atoms with E-state index in [4.69, 9.17) is 5.73 Å². The number of methoxy groups -OCH3 is 1. The largest absolute Gasteiger partial charge is 0.467 e. The van der Waals surface area contributed by atoms with E-state index in [0.717, 1.165) is 12.0 Å². The smallest absolute Gasteiger partial charge is 0.328 e. The standard InChI is InChI=1S/C13H18N2O3/c1-9(13(17)18-2)15-12(16)11-5-3-10(4-6-11)7-8-14/h3-6,9H,7-8,14H2,1-2H3,(H,15,16)/t9-/m0/s1. The maximum Gasteiger partial charge on any atom is 0.328 e. The highest BCUT2D eigenvalue weighted by Crippen LogP contribution is 2.05. The van der Waals surface area contributed by atoms with E-state index in [1.165, 1.54) is 7.11 Å². The third-order valence-electron chi connectivity index (χ3n) is 2.55. The van der Waals surface area contributed by atoms with Crippen molar-refractivity contribution >= 4 is 11.9 Å². The molecule has 18 heavy (non-hydrogen) atoms. The van der Waals surface area contributed by atoms with Crippen molar-refractivity contribution < 1.29 is 14.3 Å². The second-order valence-electron chi connectivity index (χ2n) is 3.95. The van der Waals surface area contributed by atoms with Crippen LogP contribution in [-0.4, -0.2) is 31.6 Å². The third-order valence-corrected chi connectivity index (χ3v) is 2.55. The normalized spacial score (nSPS) is 11.7. The van der Waals surface area contributed by atoms with Crippen LogP contribution < -0.4 is 11.1 Å². The molecule has 0 bridgehead atoms. The van der Waals surface area contributed by atoms with Crippen molar-refractivity contribution in [2.45, 2.75) is 19.4 Å². The van der Waals surface area contributed by atoms with Gasteiger partial charge in [-0.25, -0.2) is 4.79 Å².